The van der Waals surface area contributed by atoms with Crippen molar-refractivity contribution < 1.29 is 0 Å². The molecule has 0 saturated carbocycles. The molecule has 0 aliphatic carbocycles. The van der Waals surface area contributed by atoms with E-state index in [2.05, 4.69) is 58.1 Å². The first-order chi connectivity index (χ1) is 9.04. The first kappa shape index (κ1) is 17.7. The van der Waals surface area contributed by atoms with Gasteiger partial charge in [0.2, 0.25) is 0 Å². The summed E-state index contributed by atoms with van der Waals surface area (Å²) in [5.74, 6) is 0.517. The van der Waals surface area contributed by atoms with Gasteiger partial charge in [0.1, 0.15) is 0 Å². The molecule has 0 aliphatic rings. The molecule has 0 aliphatic heterocycles. The van der Waals surface area contributed by atoms with E-state index in [1.807, 2.05) is 24.7 Å². The van der Waals surface area contributed by atoms with E-state index in [0.29, 0.717) is 5.92 Å². The zero-order valence-electron chi connectivity index (χ0n) is 13.7. The lowest BCUT2D eigenvalue weighted by molar-refractivity contribution is 0.764. The van der Waals surface area contributed by atoms with Gasteiger partial charge in [-0.25, -0.2) is 4.68 Å². The summed E-state index contributed by atoms with van der Waals surface area (Å²) in [7, 11) is 0. The highest BCUT2D eigenvalue weighted by Crippen LogP contribution is 2.16. The van der Waals surface area contributed by atoms with E-state index in [0.717, 1.165) is 12.8 Å². The number of rotatable bonds is 5. The Morgan fingerprint density at radius 3 is 2.42 bits per heavy atom. The second-order valence-electron chi connectivity index (χ2n) is 5.02. The van der Waals surface area contributed by atoms with Gasteiger partial charge >= 0.3 is 0 Å². The van der Waals surface area contributed by atoms with Crippen molar-refractivity contribution >= 4 is 6.20 Å². The van der Waals surface area contributed by atoms with E-state index in [9.17, 15) is 0 Å². The van der Waals surface area contributed by atoms with Crippen LogP contribution in [0.25, 0.3) is 6.20 Å². The lowest BCUT2D eigenvalue weighted by Crippen LogP contribution is -2.01. The van der Waals surface area contributed by atoms with Gasteiger partial charge in [-0.2, -0.15) is 5.10 Å². The van der Waals surface area contributed by atoms with Crippen molar-refractivity contribution in [3.63, 3.8) is 0 Å². The van der Waals surface area contributed by atoms with Crippen LogP contribution in [0.1, 0.15) is 60.6 Å². The van der Waals surface area contributed by atoms with Gasteiger partial charge in [-0.15, -0.1) is 0 Å². The van der Waals surface area contributed by atoms with Crippen LogP contribution in [-0.4, -0.2) is 9.78 Å². The van der Waals surface area contributed by atoms with E-state index >= 15 is 0 Å². The Labute approximate surface area is 119 Å². The van der Waals surface area contributed by atoms with Crippen LogP contribution >= 0.6 is 0 Å². The number of aromatic nitrogens is 2. The molecule has 108 valence electrons. The van der Waals surface area contributed by atoms with Crippen LogP contribution < -0.4 is 0 Å². The SMILES string of the molecule is CC.CCCc1ccnn1/C=C(\C=C(C)C)C(C)C. The summed E-state index contributed by atoms with van der Waals surface area (Å²) in [6, 6.07) is 2.10. The van der Waals surface area contributed by atoms with Crippen LogP contribution in [-0.2, 0) is 6.42 Å². The third-order valence-electron chi connectivity index (χ3n) is 2.65. The Hall–Kier alpha value is -1.31. The molecular formula is C17H30N2. The molecule has 0 fully saturated rings. The van der Waals surface area contributed by atoms with Crippen molar-refractivity contribution in [3.05, 3.63) is 35.2 Å². The molecular weight excluding hydrogens is 232 g/mol. The predicted octanol–water partition coefficient (Wildman–Crippen LogP) is 5.32. The molecule has 1 aromatic rings. The van der Waals surface area contributed by atoms with Crippen LogP contribution in [0.4, 0.5) is 0 Å². The Morgan fingerprint density at radius 2 is 1.95 bits per heavy atom. The fraction of sp³-hybridized carbons (Fsp3) is 0.588. The van der Waals surface area contributed by atoms with E-state index in [4.69, 9.17) is 0 Å². The molecule has 1 aromatic heterocycles. The minimum absolute atomic E-state index is 0.517. The second kappa shape index (κ2) is 9.60. The Balaban J connectivity index is 0.00000154. The zero-order chi connectivity index (χ0) is 14.8. The molecule has 0 N–H and O–H groups in total. The third kappa shape index (κ3) is 6.42. The van der Waals surface area contributed by atoms with Gasteiger partial charge in [0.15, 0.2) is 0 Å². The van der Waals surface area contributed by atoms with E-state index in [-0.39, 0.29) is 0 Å². The number of hydrogen-bond acceptors (Lipinski definition) is 1. The maximum atomic E-state index is 4.38. The van der Waals surface area contributed by atoms with Crippen LogP contribution in [0.3, 0.4) is 0 Å². The van der Waals surface area contributed by atoms with Crippen molar-refractivity contribution in [3.8, 4) is 0 Å². The largest absolute Gasteiger partial charge is 0.245 e. The van der Waals surface area contributed by atoms with Gasteiger partial charge < -0.3 is 0 Å². The number of hydrogen-bond donors (Lipinski definition) is 0. The molecule has 0 spiro atoms. The van der Waals surface area contributed by atoms with Crippen molar-refractivity contribution in [2.45, 2.75) is 61.3 Å². The molecule has 19 heavy (non-hydrogen) atoms. The van der Waals surface area contributed by atoms with Gasteiger partial charge in [0.05, 0.1) is 0 Å². The lowest BCUT2D eigenvalue weighted by Gasteiger charge is -2.09. The summed E-state index contributed by atoms with van der Waals surface area (Å²) in [6.45, 7) is 14.9. The topological polar surface area (TPSA) is 17.8 Å². The maximum absolute atomic E-state index is 4.38. The molecule has 0 aromatic carbocycles. The van der Waals surface area contributed by atoms with Crippen molar-refractivity contribution in [1.82, 2.24) is 9.78 Å². The molecule has 1 rings (SSSR count). The predicted molar refractivity (Wildman–Crippen MR) is 86.1 cm³/mol. The summed E-state index contributed by atoms with van der Waals surface area (Å²) in [5.41, 5.74) is 3.94. The van der Waals surface area contributed by atoms with Crippen LogP contribution in [0, 0.1) is 5.92 Å². The summed E-state index contributed by atoms with van der Waals surface area (Å²) in [6.07, 6.45) is 8.50. The maximum Gasteiger partial charge on any atom is 0.0496 e. The monoisotopic (exact) mass is 262 g/mol. The molecule has 0 amide bonds. The van der Waals surface area contributed by atoms with E-state index in [1.165, 1.54) is 16.8 Å². The fourth-order valence-electron chi connectivity index (χ4n) is 1.74. The second-order valence-corrected chi connectivity index (χ2v) is 5.02. The van der Waals surface area contributed by atoms with Gasteiger partial charge in [-0.3, -0.25) is 0 Å². The quantitative estimate of drug-likeness (QED) is 0.656. The van der Waals surface area contributed by atoms with Gasteiger partial charge in [-0.05, 0) is 37.8 Å². The number of aryl methyl sites for hydroxylation is 1. The molecule has 0 saturated heterocycles. The summed E-state index contributed by atoms with van der Waals surface area (Å²) < 4.78 is 2.01. The normalized spacial score (nSPS) is 11.1. The van der Waals surface area contributed by atoms with Gasteiger partial charge in [-0.1, -0.05) is 52.7 Å². The highest BCUT2D eigenvalue weighted by atomic mass is 15.3. The van der Waals surface area contributed by atoms with Gasteiger partial charge in [0.25, 0.3) is 0 Å². The van der Waals surface area contributed by atoms with Crippen LogP contribution in [0.5, 0.6) is 0 Å². The smallest absolute Gasteiger partial charge is 0.0496 e. The third-order valence-corrected chi connectivity index (χ3v) is 2.65. The minimum Gasteiger partial charge on any atom is -0.245 e. The molecule has 1 heterocycles. The minimum atomic E-state index is 0.517. The molecule has 2 heteroatoms. The van der Waals surface area contributed by atoms with Crippen LogP contribution in [0.15, 0.2) is 29.5 Å². The van der Waals surface area contributed by atoms with E-state index < -0.39 is 0 Å². The molecule has 0 unspecified atom stereocenters. The fourth-order valence-corrected chi connectivity index (χ4v) is 1.74. The molecule has 0 atom stereocenters. The van der Waals surface area contributed by atoms with Crippen molar-refractivity contribution in [2.24, 2.45) is 5.92 Å². The average molecular weight is 262 g/mol. The lowest BCUT2D eigenvalue weighted by atomic mass is 10.0. The molecule has 2 nitrogen and oxygen atoms in total. The Morgan fingerprint density at radius 1 is 1.32 bits per heavy atom. The highest BCUT2D eigenvalue weighted by Gasteiger charge is 2.03. The first-order valence-corrected chi connectivity index (χ1v) is 7.43. The Bertz CT molecular complexity index is 405. The standard InChI is InChI=1S/C15H24N2.C2H6/c1-6-7-15-8-9-16-17(15)11-14(13(4)5)10-12(2)3;1-2/h8-11,13H,6-7H2,1-5H3;1-2H3/b14-11+;. The summed E-state index contributed by atoms with van der Waals surface area (Å²) in [5, 5.41) is 4.38. The number of allylic oxidation sites excluding steroid dienone is 3. The highest BCUT2D eigenvalue weighted by molar-refractivity contribution is 5.40. The first-order valence-electron chi connectivity index (χ1n) is 7.43. The zero-order valence-corrected chi connectivity index (χ0v) is 13.7. The van der Waals surface area contributed by atoms with Crippen molar-refractivity contribution in [2.75, 3.05) is 0 Å². The van der Waals surface area contributed by atoms with Crippen molar-refractivity contribution in [1.29, 1.82) is 0 Å². The summed E-state index contributed by atoms with van der Waals surface area (Å²) in [4.78, 5) is 0. The van der Waals surface area contributed by atoms with Crippen LogP contribution in [0.2, 0.25) is 0 Å². The number of nitrogens with zero attached hydrogens (tertiary/aromatic N) is 2. The van der Waals surface area contributed by atoms with E-state index in [1.54, 1.807) is 0 Å². The molecule has 0 radical (unpaired) electrons. The Kier molecular flexibility index (Phi) is 8.94. The average Bonchev–Trinajstić information content (AvgIpc) is 2.78. The molecule has 0 bridgehead atoms. The summed E-state index contributed by atoms with van der Waals surface area (Å²) >= 11 is 0. The van der Waals surface area contributed by atoms with Gasteiger partial charge in [0, 0.05) is 18.1 Å².